The maximum atomic E-state index is 13.0. The number of nitrogens with one attached hydrogen (secondary N) is 2. The van der Waals surface area contributed by atoms with E-state index < -0.39 is 0 Å². The van der Waals surface area contributed by atoms with Crippen LogP contribution in [-0.4, -0.2) is 91.8 Å². The largest absolute Gasteiger partial charge is 0.486 e. The van der Waals surface area contributed by atoms with E-state index in [0.717, 1.165) is 69.7 Å². The highest BCUT2D eigenvalue weighted by Gasteiger charge is 2.20. The summed E-state index contributed by atoms with van der Waals surface area (Å²) in [5.41, 5.74) is 1.27. The van der Waals surface area contributed by atoms with Crippen molar-refractivity contribution in [3.05, 3.63) is 34.1 Å². The normalized spacial score (nSPS) is 20.4. The van der Waals surface area contributed by atoms with Gasteiger partial charge in [0.2, 0.25) is 0 Å². The van der Waals surface area contributed by atoms with Crippen molar-refractivity contribution in [2.75, 3.05) is 65.8 Å². The van der Waals surface area contributed by atoms with E-state index in [0.29, 0.717) is 48.5 Å². The first-order valence-corrected chi connectivity index (χ1v) is 12.5. The quantitative estimate of drug-likeness (QED) is 0.563. The van der Waals surface area contributed by atoms with Crippen LogP contribution >= 0.6 is 12.2 Å². The van der Waals surface area contributed by atoms with Gasteiger partial charge in [-0.3, -0.25) is 9.69 Å². The Bertz CT molecular complexity index is 1070. The van der Waals surface area contributed by atoms with Crippen molar-refractivity contribution >= 4 is 28.2 Å². The van der Waals surface area contributed by atoms with Crippen molar-refractivity contribution in [1.29, 1.82) is 0 Å². The van der Waals surface area contributed by atoms with Crippen LogP contribution in [0, 0.1) is 0 Å². The third-order valence-electron chi connectivity index (χ3n) is 6.53. The fraction of sp³-hybridized carbons (Fsp3) is 0.583. The summed E-state index contributed by atoms with van der Waals surface area (Å²) in [7, 11) is 0. The van der Waals surface area contributed by atoms with Gasteiger partial charge in [-0.15, -0.1) is 0 Å². The lowest BCUT2D eigenvalue weighted by Crippen LogP contribution is -2.47. The molecule has 5 rings (SSSR count). The van der Waals surface area contributed by atoms with Crippen molar-refractivity contribution in [3.8, 4) is 11.5 Å². The van der Waals surface area contributed by atoms with E-state index in [4.69, 9.17) is 31.2 Å². The van der Waals surface area contributed by atoms with E-state index in [2.05, 4.69) is 20.1 Å². The molecule has 10 heteroatoms. The Kier molecular flexibility index (Phi) is 7.48. The number of hydrogen-bond acceptors (Lipinski definition) is 7. The average Bonchev–Trinajstić information content (AvgIpc) is 3.38. The van der Waals surface area contributed by atoms with Gasteiger partial charge in [0, 0.05) is 56.3 Å². The molecule has 34 heavy (non-hydrogen) atoms. The molecule has 4 heterocycles. The molecule has 0 saturated carbocycles. The minimum Gasteiger partial charge on any atom is -0.486 e. The molecule has 0 spiro atoms. The number of ether oxygens (including phenoxy) is 4. The Balaban J connectivity index is 1.33. The number of benzene rings is 1. The fourth-order valence-corrected chi connectivity index (χ4v) is 4.81. The van der Waals surface area contributed by atoms with E-state index in [-0.39, 0.29) is 11.7 Å². The molecule has 1 aromatic carbocycles. The van der Waals surface area contributed by atoms with Crippen LogP contribution in [0.1, 0.15) is 18.4 Å². The summed E-state index contributed by atoms with van der Waals surface area (Å²) in [5, 5.41) is 4.92. The Labute approximate surface area is 204 Å². The Morgan fingerprint density at radius 1 is 1.12 bits per heavy atom. The minimum atomic E-state index is -0.123. The Morgan fingerprint density at radius 3 is 2.68 bits per heavy atom. The van der Waals surface area contributed by atoms with Crippen molar-refractivity contribution in [1.82, 2.24) is 20.1 Å². The molecule has 9 nitrogen and oxygen atoms in total. The highest BCUT2D eigenvalue weighted by molar-refractivity contribution is 7.80. The van der Waals surface area contributed by atoms with Gasteiger partial charge in [-0.25, -0.2) is 0 Å². The highest BCUT2D eigenvalue weighted by Crippen LogP contribution is 2.33. The molecule has 2 fully saturated rings. The van der Waals surface area contributed by atoms with Gasteiger partial charge in [0.15, 0.2) is 16.6 Å². The van der Waals surface area contributed by atoms with E-state index in [9.17, 15) is 4.79 Å². The second-order valence-electron chi connectivity index (χ2n) is 8.90. The molecule has 0 radical (unpaired) electrons. The molecular formula is C24H32N4O5S. The van der Waals surface area contributed by atoms with E-state index >= 15 is 0 Å². The number of rotatable bonds is 7. The summed E-state index contributed by atoms with van der Waals surface area (Å²) < 4.78 is 22.6. The van der Waals surface area contributed by atoms with Crippen LogP contribution in [0.5, 0.6) is 11.5 Å². The van der Waals surface area contributed by atoms with Gasteiger partial charge >= 0.3 is 0 Å². The van der Waals surface area contributed by atoms with E-state index in [1.54, 1.807) is 0 Å². The van der Waals surface area contributed by atoms with Crippen molar-refractivity contribution < 1.29 is 18.9 Å². The molecule has 0 aliphatic carbocycles. The maximum Gasteiger partial charge on any atom is 0.253 e. The standard InChI is InChI=1S/C24H32N4O5S/c29-23-18(12-17-13-21-22(14-20(17)26-23)33-11-10-32-21)16-28(4-3-27-5-8-30-9-6-27)24(34)25-15-19-2-1-7-31-19/h12-14,19H,1-11,15-16H2,(H,25,34)(H,26,29). The van der Waals surface area contributed by atoms with E-state index in [1.165, 1.54) is 0 Å². The molecule has 3 aliphatic heterocycles. The molecule has 1 aromatic heterocycles. The predicted molar refractivity (Wildman–Crippen MR) is 133 cm³/mol. The number of aromatic nitrogens is 1. The topological polar surface area (TPSA) is 88.3 Å². The molecular weight excluding hydrogens is 456 g/mol. The van der Waals surface area contributed by atoms with Gasteiger partial charge in [0.25, 0.3) is 5.56 Å². The lowest BCUT2D eigenvalue weighted by atomic mass is 10.1. The zero-order valence-corrected chi connectivity index (χ0v) is 20.2. The Morgan fingerprint density at radius 2 is 1.91 bits per heavy atom. The molecule has 0 bridgehead atoms. The van der Waals surface area contributed by atoms with Crippen LogP contribution in [0.3, 0.4) is 0 Å². The SMILES string of the molecule is O=c1[nH]c2cc3c(cc2cc1CN(CCN1CCOCC1)C(=S)NCC1CCCO1)OCCO3. The first-order chi connectivity index (χ1) is 16.7. The summed E-state index contributed by atoms with van der Waals surface area (Å²) in [5.74, 6) is 1.36. The van der Waals surface area contributed by atoms with Crippen molar-refractivity contribution in [2.24, 2.45) is 0 Å². The predicted octanol–water partition coefficient (Wildman–Crippen LogP) is 1.49. The monoisotopic (exact) mass is 488 g/mol. The van der Waals surface area contributed by atoms with Crippen LogP contribution in [0.25, 0.3) is 10.9 Å². The summed E-state index contributed by atoms with van der Waals surface area (Å²) in [6.45, 7) is 7.84. The molecule has 2 saturated heterocycles. The molecule has 184 valence electrons. The summed E-state index contributed by atoms with van der Waals surface area (Å²) in [6.07, 6.45) is 2.32. The average molecular weight is 489 g/mol. The smallest absolute Gasteiger partial charge is 0.253 e. The van der Waals surface area contributed by atoms with Gasteiger partial charge in [-0.2, -0.15) is 0 Å². The molecule has 1 unspecified atom stereocenters. The third-order valence-corrected chi connectivity index (χ3v) is 6.93. The summed E-state index contributed by atoms with van der Waals surface area (Å²) in [6, 6.07) is 5.69. The molecule has 3 aliphatic rings. The number of nitrogens with zero attached hydrogens (tertiary/aromatic N) is 2. The first kappa shape index (κ1) is 23.3. The third kappa shape index (κ3) is 5.63. The van der Waals surface area contributed by atoms with Crippen molar-refractivity contribution in [2.45, 2.75) is 25.5 Å². The minimum absolute atomic E-state index is 0.123. The number of thiocarbonyl (C=S) groups is 1. The van der Waals surface area contributed by atoms with Crippen LogP contribution in [0.15, 0.2) is 23.0 Å². The summed E-state index contributed by atoms with van der Waals surface area (Å²) >= 11 is 5.76. The zero-order valence-electron chi connectivity index (χ0n) is 19.3. The van der Waals surface area contributed by atoms with E-state index in [1.807, 2.05) is 18.2 Å². The van der Waals surface area contributed by atoms with Gasteiger partial charge in [-0.05, 0) is 37.2 Å². The van der Waals surface area contributed by atoms with Crippen LogP contribution in [-0.2, 0) is 16.0 Å². The van der Waals surface area contributed by atoms with Gasteiger partial charge in [0.05, 0.1) is 31.4 Å². The van der Waals surface area contributed by atoms with Gasteiger partial charge < -0.3 is 34.1 Å². The fourth-order valence-electron chi connectivity index (χ4n) is 4.57. The number of aromatic amines is 1. The van der Waals surface area contributed by atoms with Crippen LogP contribution < -0.4 is 20.3 Å². The number of morpholine rings is 1. The van der Waals surface area contributed by atoms with Gasteiger partial charge in [-0.1, -0.05) is 0 Å². The Hall–Kier alpha value is -2.40. The lowest BCUT2D eigenvalue weighted by Gasteiger charge is -2.31. The highest BCUT2D eigenvalue weighted by atomic mass is 32.1. The number of fused-ring (bicyclic) bond motifs is 2. The molecule has 0 amide bonds. The second kappa shape index (κ2) is 10.9. The van der Waals surface area contributed by atoms with Crippen LogP contribution in [0.2, 0.25) is 0 Å². The first-order valence-electron chi connectivity index (χ1n) is 12.1. The van der Waals surface area contributed by atoms with Crippen molar-refractivity contribution in [3.63, 3.8) is 0 Å². The molecule has 2 N–H and O–H groups in total. The lowest BCUT2D eigenvalue weighted by molar-refractivity contribution is 0.0356. The van der Waals surface area contributed by atoms with Gasteiger partial charge in [0.1, 0.15) is 13.2 Å². The zero-order chi connectivity index (χ0) is 23.3. The number of pyridine rings is 1. The molecule has 1 atom stereocenters. The number of H-pyrrole nitrogens is 1. The van der Waals surface area contributed by atoms with Crippen LogP contribution in [0.4, 0.5) is 0 Å². The summed E-state index contributed by atoms with van der Waals surface area (Å²) in [4.78, 5) is 20.4. The molecule has 2 aromatic rings. The maximum absolute atomic E-state index is 13.0. The number of hydrogen-bond donors (Lipinski definition) is 2. The second-order valence-corrected chi connectivity index (χ2v) is 9.29.